The summed E-state index contributed by atoms with van der Waals surface area (Å²) in [6.45, 7) is 3.48. The number of aliphatic carboxylic acids is 2. The molecule has 0 bridgehead atoms. The monoisotopic (exact) mass is 975 g/mol. The molecule has 5 aliphatic rings. The van der Waals surface area contributed by atoms with Crippen molar-refractivity contribution in [2.45, 2.75) is 131 Å². The first-order chi connectivity index (χ1) is 27.3. The first kappa shape index (κ1) is 74.9. The van der Waals surface area contributed by atoms with Crippen molar-refractivity contribution in [2.24, 2.45) is 35.5 Å². The molecule has 18 nitrogen and oxygen atoms in total. The fraction of sp³-hybridized carbons (Fsp3) is 0.775. The second-order valence-electron chi connectivity index (χ2n) is 14.1. The van der Waals surface area contributed by atoms with Crippen molar-refractivity contribution in [3.05, 3.63) is 0 Å². The van der Waals surface area contributed by atoms with Gasteiger partial charge in [-0.2, -0.15) is 0 Å². The van der Waals surface area contributed by atoms with Crippen LogP contribution in [0.5, 0.6) is 0 Å². The molecule has 0 aromatic carbocycles. The number of halogens is 2. The molecule has 363 valence electrons. The van der Waals surface area contributed by atoms with Gasteiger partial charge in [0, 0.05) is 71.7 Å². The van der Waals surface area contributed by atoms with Crippen LogP contribution in [0.25, 0.3) is 0 Å². The maximum atomic E-state index is 10.9. The number of hydrogen-bond donors (Lipinski definition) is 4. The van der Waals surface area contributed by atoms with Gasteiger partial charge in [-0.05, 0) is 75.3 Å². The normalized spacial score (nSPS) is 23.2. The predicted octanol–water partition coefficient (Wildman–Crippen LogP) is 1.90. The zero-order valence-electron chi connectivity index (χ0n) is 37.4. The number of methoxy groups -OCH3 is 3. The summed E-state index contributed by atoms with van der Waals surface area (Å²) in [6.07, 6.45) is 10.0. The van der Waals surface area contributed by atoms with E-state index >= 15 is 0 Å². The molecule has 0 amide bonds. The van der Waals surface area contributed by atoms with Crippen LogP contribution in [0.15, 0.2) is 0 Å². The van der Waals surface area contributed by atoms with Crippen molar-refractivity contribution in [1.29, 1.82) is 0 Å². The molecule has 7 atom stereocenters. The number of Topliss-reactive ketones (excluding diaryl/α,β-unsaturated/α-hetero) is 3. The number of ether oxygens (including phenoxy) is 3. The summed E-state index contributed by atoms with van der Waals surface area (Å²) >= 11 is 4.64. The molecule has 3 radical (unpaired) electrons. The van der Waals surface area contributed by atoms with Gasteiger partial charge >= 0.3 is 59.4 Å². The van der Waals surface area contributed by atoms with Crippen molar-refractivity contribution < 1.29 is 117 Å². The summed E-state index contributed by atoms with van der Waals surface area (Å²) in [5.74, 6) is -1.86. The van der Waals surface area contributed by atoms with Crippen LogP contribution >= 0.6 is 22.3 Å². The largest absolute Gasteiger partial charge is 1.00 e. The molecule has 4 N–H and O–H groups in total. The van der Waals surface area contributed by atoms with E-state index < -0.39 is 32.8 Å². The Kier molecular flexibility index (Phi) is 50.2. The van der Waals surface area contributed by atoms with Gasteiger partial charge < -0.3 is 36.1 Å². The number of rotatable bonds is 5. The minimum atomic E-state index is -3.19. The number of carboxylic acids is 2. The molecule has 1 unspecified atom stereocenters. The van der Waals surface area contributed by atoms with Gasteiger partial charge in [-0.15, -0.1) is 0 Å². The molecule has 0 aromatic heterocycles. The zero-order chi connectivity index (χ0) is 46.5. The number of esters is 3. The number of aliphatic hydroxyl groups is 2. The Balaban J connectivity index is -0.0000000949. The first-order valence-corrected chi connectivity index (χ1v) is 21.9. The second kappa shape index (κ2) is 42.2. The number of carbonyl (C=O) groups excluding carboxylic acids is 7. The minimum Gasteiger partial charge on any atom is -1.00 e. The summed E-state index contributed by atoms with van der Waals surface area (Å²) in [6, 6.07) is 0. The summed E-state index contributed by atoms with van der Waals surface area (Å²) < 4.78 is 32.5. The van der Waals surface area contributed by atoms with E-state index in [9.17, 15) is 51.6 Å². The molecule has 5 aliphatic carbocycles. The van der Waals surface area contributed by atoms with Crippen LogP contribution in [0.1, 0.15) is 126 Å². The standard InChI is InChI=1S/C8H14O2.C7H12O3.C7H10O3.2C6H8O3.C2H3ClO.CH3ClO2S.CH4O.2CH4.B.Na.H/c1-6-3-4-7(5-6)8(9)10-2;2*1-10-7(9)5-2-3-6(8)4-5;2*7-5-2-1-4(3-5)6(8)9;1-2(3)4;1-5(2,3)4;1-2;;;;;/h6-7H,3-5H2,1-2H3;5-6,8H,2-4H2,1H3;5H,2-4H2,1H3;2*4H,1-3H2,(H,8,9);1H3;1H3;2H,1H3;2*1H4;;;/q;;;;;;;;;;;+1;-1/t6-,7+;5-,6+;5-;4-;;;;;;;;;/m0111........./s1. The average molecular weight is 977 g/mol. The van der Waals surface area contributed by atoms with Crippen molar-refractivity contribution in [3.63, 3.8) is 0 Å². The van der Waals surface area contributed by atoms with Crippen LogP contribution < -0.4 is 29.6 Å². The molecule has 0 spiro atoms. The van der Waals surface area contributed by atoms with E-state index in [-0.39, 0.29) is 131 Å². The summed E-state index contributed by atoms with van der Waals surface area (Å²) in [5.41, 5.74) is 0. The fourth-order valence-electron chi connectivity index (χ4n) is 6.16. The van der Waals surface area contributed by atoms with Crippen LogP contribution in [0, 0.1) is 35.5 Å². The molecule has 23 heteroatoms. The van der Waals surface area contributed by atoms with E-state index in [1.54, 1.807) is 0 Å². The molecule has 0 saturated heterocycles. The third kappa shape index (κ3) is 42.0. The smallest absolute Gasteiger partial charge is 1.00 e. The molecule has 63 heavy (non-hydrogen) atoms. The minimum absolute atomic E-state index is 0. The Hall–Kier alpha value is -2.46. The molecule has 0 aliphatic heterocycles. The van der Waals surface area contributed by atoms with Gasteiger partial charge in [-0.1, -0.05) is 21.8 Å². The van der Waals surface area contributed by atoms with E-state index in [0.717, 1.165) is 39.0 Å². The van der Waals surface area contributed by atoms with E-state index in [0.29, 0.717) is 57.3 Å². The number of ketones is 3. The number of aliphatic hydroxyl groups excluding tert-OH is 2. The summed E-state index contributed by atoms with van der Waals surface area (Å²) in [4.78, 5) is 93.8. The summed E-state index contributed by atoms with van der Waals surface area (Å²) in [5, 5.41) is 32.4. The van der Waals surface area contributed by atoms with Crippen molar-refractivity contribution >= 4 is 92.2 Å². The third-order valence-corrected chi connectivity index (χ3v) is 9.14. The van der Waals surface area contributed by atoms with Gasteiger partial charge in [-0.3, -0.25) is 43.2 Å². The zero-order valence-corrected chi connectivity index (χ0v) is 40.7. The Labute approximate surface area is 408 Å². The maximum absolute atomic E-state index is 10.9. The third-order valence-electron chi connectivity index (χ3n) is 9.14. The van der Waals surface area contributed by atoms with Crippen molar-refractivity contribution in [3.8, 4) is 0 Å². The maximum Gasteiger partial charge on any atom is 1.00 e. The fourth-order valence-corrected chi connectivity index (χ4v) is 6.16. The van der Waals surface area contributed by atoms with Gasteiger partial charge in [0.15, 0.2) is 0 Å². The second-order valence-corrected chi connectivity index (χ2v) is 17.7. The SMILES string of the molecule is C.C.CC(=O)Cl.CO.COC(=O)[C@@H]1CCC(=O)C1.COC(=O)[C@@H]1CC[C@H](C)C1.COC(=O)[C@@H]1CC[C@H](O)C1.CS(=O)(=O)Cl.O=C1CCC(C(=O)O)C1.O=C1CC[C@@H](C(=O)O)C1.[B].[H-].[Na+]. The molecular weight excluding hydrogens is 905 g/mol. The molecule has 0 aromatic rings. The van der Waals surface area contributed by atoms with Crippen LogP contribution in [0.3, 0.4) is 0 Å². The molecule has 5 saturated carbocycles. The number of carboxylic acid groups (broad SMARTS) is 2. The van der Waals surface area contributed by atoms with E-state index in [1.807, 2.05) is 0 Å². The Morgan fingerprint density at radius 3 is 1.08 bits per heavy atom. The molecular formula is C40H71BCl2NaO18S. The summed E-state index contributed by atoms with van der Waals surface area (Å²) in [7, 11) is 6.51. The van der Waals surface area contributed by atoms with E-state index in [2.05, 4.69) is 43.4 Å². The van der Waals surface area contributed by atoms with Crippen LogP contribution in [-0.4, -0.2) is 130 Å². The molecule has 0 heterocycles. The number of hydrogen-bond acceptors (Lipinski definition) is 16. The van der Waals surface area contributed by atoms with Gasteiger partial charge in [0.2, 0.25) is 14.3 Å². The van der Waals surface area contributed by atoms with Gasteiger partial charge in [0.25, 0.3) is 0 Å². The van der Waals surface area contributed by atoms with Gasteiger partial charge in [-0.25, -0.2) is 8.42 Å². The van der Waals surface area contributed by atoms with Crippen molar-refractivity contribution in [2.75, 3.05) is 34.7 Å². The Morgan fingerprint density at radius 2 is 0.889 bits per heavy atom. The Bertz CT molecular complexity index is 1410. The van der Waals surface area contributed by atoms with Gasteiger partial charge in [0.1, 0.15) is 17.3 Å². The van der Waals surface area contributed by atoms with Crippen molar-refractivity contribution in [1.82, 2.24) is 0 Å². The topological polar surface area (TPSA) is 296 Å². The van der Waals surface area contributed by atoms with Gasteiger partial charge in [0.05, 0.1) is 63.3 Å². The van der Waals surface area contributed by atoms with E-state index in [4.69, 9.17) is 20.4 Å². The number of carbonyl (C=O) groups is 9. The first-order valence-electron chi connectivity index (χ1n) is 18.8. The quantitative estimate of drug-likeness (QED) is 0.132. The molecule has 5 fully saturated rings. The van der Waals surface area contributed by atoms with Crippen LogP contribution in [-0.2, 0) is 66.4 Å². The molecule has 5 rings (SSSR count). The van der Waals surface area contributed by atoms with E-state index in [1.165, 1.54) is 34.7 Å². The predicted molar refractivity (Wildman–Crippen MR) is 234 cm³/mol. The Morgan fingerprint density at radius 1 is 0.619 bits per heavy atom. The average Bonchev–Trinajstić information content (AvgIpc) is 4.02. The van der Waals surface area contributed by atoms with Crippen LogP contribution in [0.4, 0.5) is 0 Å². The van der Waals surface area contributed by atoms with Crippen LogP contribution in [0.2, 0.25) is 0 Å².